The summed E-state index contributed by atoms with van der Waals surface area (Å²) in [5, 5.41) is 10.2. The van der Waals surface area contributed by atoms with E-state index >= 15 is 0 Å². The van der Waals surface area contributed by atoms with Crippen molar-refractivity contribution in [2.75, 3.05) is 26.2 Å². The molecule has 1 atom stereocenters. The number of hydrogen-bond donors (Lipinski definition) is 2. The van der Waals surface area contributed by atoms with E-state index in [0.717, 1.165) is 57.2 Å². The van der Waals surface area contributed by atoms with Crippen LogP contribution >= 0.6 is 24.8 Å². The third kappa shape index (κ3) is 5.62. The van der Waals surface area contributed by atoms with Crippen LogP contribution in [0.2, 0.25) is 0 Å². The number of piperidine rings is 2. The molecule has 2 saturated heterocycles. The zero-order valence-corrected chi connectivity index (χ0v) is 15.0. The van der Waals surface area contributed by atoms with Gasteiger partial charge in [0.25, 0.3) is 0 Å². The Hall–Kier alpha value is -0.850. The standard InChI is InChI=1S/C15H25N5O.2ClH/c21-14(4-3-12-5-7-16-8-6-12)20-9-1-2-13(10-20)15-17-11-18-19-15;;/h11-13,16H,1-10H2,(H,17,18,19);2*1H. The maximum absolute atomic E-state index is 12.4. The molecule has 6 nitrogen and oxygen atoms in total. The lowest BCUT2D eigenvalue weighted by molar-refractivity contribution is -0.132. The lowest BCUT2D eigenvalue weighted by Crippen LogP contribution is -2.39. The molecular formula is C15H27Cl2N5O. The van der Waals surface area contributed by atoms with Crippen molar-refractivity contribution in [1.29, 1.82) is 0 Å². The number of nitrogens with zero attached hydrogens (tertiary/aromatic N) is 3. The predicted molar refractivity (Wildman–Crippen MR) is 94.3 cm³/mol. The van der Waals surface area contributed by atoms with E-state index in [4.69, 9.17) is 0 Å². The molecule has 0 aliphatic carbocycles. The van der Waals surface area contributed by atoms with Crippen LogP contribution in [0.5, 0.6) is 0 Å². The SMILES string of the molecule is Cl.Cl.O=C(CCC1CCNCC1)N1CCCC(c2ncn[nH]2)C1. The number of carbonyl (C=O) groups is 1. The van der Waals surface area contributed by atoms with E-state index < -0.39 is 0 Å². The van der Waals surface area contributed by atoms with Crippen molar-refractivity contribution in [2.24, 2.45) is 5.92 Å². The van der Waals surface area contributed by atoms with Crippen molar-refractivity contribution < 1.29 is 4.79 Å². The molecule has 2 N–H and O–H groups in total. The van der Waals surface area contributed by atoms with Gasteiger partial charge in [-0.15, -0.1) is 24.8 Å². The predicted octanol–water partition coefficient (Wildman–Crippen LogP) is 2.13. The summed E-state index contributed by atoms with van der Waals surface area (Å²) in [6, 6.07) is 0. The topological polar surface area (TPSA) is 73.9 Å². The average molecular weight is 364 g/mol. The highest BCUT2D eigenvalue weighted by atomic mass is 35.5. The van der Waals surface area contributed by atoms with Gasteiger partial charge in [-0.2, -0.15) is 5.10 Å². The largest absolute Gasteiger partial charge is 0.342 e. The normalized spacial score (nSPS) is 22.1. The van der Waals surface area contributed by atoms with E-state index in [9.17, 15) is 4.79 Å². The van der Waals surface area contributed by atoms with Gasteiger partial charge in [-0.25, -0.2) is 4.98 Å². The first-order chi connectivity index (χ1) is 10.3. The third-order valence-electron chi connectivity index (χ3n) is 4.82. The Morgan fingerprint density at radius 1 is 1.26 bits per heavy atom. The van der Waals surface area contributed by atoms with Crippen molar-refractivity contribution >= 4 is 30.7 Å². The maximum atomic E-state index is 12.4. The van der Waals surface area contributed by atoms with Crippen LogP contribution in [0, 0.1) is 5.92 Å². The fourth-order valence-electron chi connectivity index (χ4n) is 3.49. The van der Waals surface area contributed by atoms with Crippen LogP contribution in [0.25, 0.3) is 0 Å². The Kier molecular flexibility index (Phi) is 8.87. The van der Waals surface area contributed by atoms with E-state index in [1.165, 1.54) is 12.8 Å². The van der Waals surface area contributed by atoms with Crippen molar-refractivity contribution in [3.05, 3.63) is 12.2 Å². The molecule has 0 saturated carbocycles. The van der Waals surface area contributed by atoms with Gasteiger partial charge in [0.15, 0.2) is 0 Å². The monoisotopic (exact) mass is 363 g/mol. The number of aromatic amines is 1. The first-order valence-corrected chi connectivity index (χ1v) is 8.16. The molecule has 0 spiro atoms. The lowest BCUT2D eigenvalue weighted by atomic mass is 9.92. The zero-order chi connectivity index (χ0) is 14.5. The Labute approximate surface area is 150 Å². The molecule has 2 aliphatic rings. The molecule has 8 heteroatoms. The molecule has 23 heavy (non-hydrogen) atoms. The van der Waals surface area contributed by atoms with Crippen LogP contribution in [0.4, 0.5) is 0 Å². The summed E-state index contributed by atoms with van der Waals surface area (Å²) < 4.78 is 0. The van der Waals surface area contributed by atoms with E-state index in [1.807, 2.05) is 4.90 Å². The van der Waals surface area contributed by atoms with Crippen LogP contribution in [-0.4, -0.2) is 52.2 Å². The highest BCUT2D eigenvalue weighted by Crippen LogP contribution is 2.25. The smallest absolute Gasteiger partial charge is 0.222 e. The summed E-state index contributed by atoms with van der Waals surface area (Å²) in [6.45, 7) is 3.90. The van der Waals surface area contributed by atoms with Gasteiger partial charge in [0.1, 0.15) is 12.2 Å². The number of amides is 1. The molecule has 0 radical (unpaired) electrons. The third-order valence-corrected chi connectivity index (χ3v) is 4.82. The van der Waals surface area contributed by atoms with Gasteiger partial charge in [-0.3, -0.25) is 9.89 Å². The Morgan fingerprint density at radius 2 is 2.04 bits per heavy atom. The second-order valence-corrected chi connectivity index (χ2v) is 6.28. The van der Waals surface area contributed by atoms with Crippen LogP contribution < -0.4 is 5.32 Å². The second kappa shape index (κ2) is 10.1. The van der Waals surface area contributed by atoms with Crippen LogP contribution in [-0.2, 0) is 4.79 Å². The second-order valence-electron chi connectivity index (χ2n) is 6.28. The molecule has 1 amide bonds. The fourth-order valence-corrected chi connectivity index (χ4v) is 3.49. The van der Waals surface area contributed by atoms with Crippen molar-refractivity contribution in [3.8, 4) is 0 Å². The number of carbonyl (C=O) groups excluding carboxylic acids is 1. The van der Waals surface area contributed by atoms with Gasteiger partial charge >= 0.3 is 0 Å². The average Bonchev–Trinajstić information content (AvgIpc) is 3.08. The van der Waals surface area contributed by atoms with Crippen LogP contribution in [0.3, 0.4) is 0 Å². The van der Waals surface area contributed by atoms with Gasteiger partial charge in [0.2, 0.25) is 5.91 Å². The van der Waals surface area contributed by atoms with E-state index in [0.29, 0.717) is 18.2 Å². The molecule has 2 aliphatic heterocycles. The Bertz CT molecular complexity index is 451. The summed E-state index contributed by atoms with van der Waals surface area (Å²) in [4.78, 5) is 18.7. The molecule has 3 rings (SSSR count). The number of H-pyrrole nitrogens is 1. The molecule has 0 aromatic carbocycles. The summed E-state index contributed by atoms with van der Waals surface area (Å²) in [7, 11) is 0. The summed E-state index contributed by atoms with van der Waals surface area (Å²) in [5.41, 5.74) is 0. The van der Waals surface area contributed by atoms with E-state index in [2.05, 4.69) is 20.5 Å². The molecule has 0 bridgehead atoms. The Morgan fingerprint density at radius 3 is 2.74 bits per heavy atom. The summed E-state index contributed by atoms with van der Waals surface area (Å²) in [6.07, 6.45) is 7.88. The maximum Gasteiger partial charge on any atom is 0.222 e. The first-order valence-electron chi connectivity index (χ1n) is 8.16. The van der Waals surface area contributed by atoms with Gasteiger partial charge in [-0.05, 0) is 51.1 Å². The number of halogens is 2. The molecule has 3 heterocycles. The highest BCUT2D eigenvalue weighted by molar-refractivity contribution is 5.85. The minimum absolute atomic E-state index is 0. The number of likely N-dealkylation sites (tertiary alicyclic amines) is 1. The van der Waals surface area contributed by atoms with Gasteiger partial charge < -0.3 is 10.2 Å². The van der Waals surface area contributed by atoms with Crippen molar-refractivity contribution in [2.45, 2.75) is 44.4 Å². The van der Waals surface area contributed by atoms with Gasteiger partial charge in [0.05, 0.1) is 0 Å². The number of aromatic nitrogens is 3. The molecule has 1 unspecified atom stereocenters. The molecule has 2 fully saturated rings. The van der Waals surface area contributed by atoms with E-state index in [1.54, 1.807) is 6.33 Å². The van der Waals surface area contributed by atoms with Crippen molar-refractivity contribution in [1.82, 2.24) is 25.4 Å². The van der Waals surface area contributed by atoms with E-state index in [-0.39, 0.29) is 24.8 Å². The summed E-state index contributed by atoms with van der Waals surface area (Å²) in [5.74, 6) is 2.29. The molecule has 1 aromatic rings. The molecular weight excluding hydrogens is 337 g/mol. The molecule has 1 aromatic heterocycles. The summed E-state index contributed by atoms with van der Waals surface area (Å²) >= 11 is 0. The molecule has 132 valence electrons. The lowest BCUT2D eigenvalue weighted by Gasteiger charge is -2.32. The Balaban J connectivity index is 0.00000132. The number of hydrogen-bond acceptors (Lipinski definition) is 4. The fraction of sp³-hybridized carbons (Fsp3) is 0.800. The van der Waals surface area contributed by atoms with Gasteiger partial charge in [-0.1, -0.05) is 0 Å². The number of rotatable bonds is 4. The van der Waals surface area contributed by atoms with Crippen LogP contribution in [0.1, 0.15) is 50.3 Å². The van der Waals surface area contributed by atoms with Crippen LogP contribution in [0.15, 0.2) is 6.33 Å². The van der Waals surface area contributed by atoms with Gasteiger partial charge in [0, 0.05) is 25.4 Å². The highest BCUT2D eigenvalue weighted by Gasteiger charge is 2.26. The zero-order valence-electron chi connectivity index (χ0n) is 13.4. The quantitative estimate of drug-likeness (QED) is 0.859. The number of nitrogens with one attached hydrogen (secondary N) is 2. The minimum Gasteiger partial charge on any atom is -0.342 e. The first kappa shape index (κ1) is 20.2. The van der Waals surface area contributed by atoms with Crippen molar-refractivity contribution in [3.63, 3.8) is 0 Å². The minimum atomic E-state index is 0.